The molecule has 0 spiro atoms. The van der Waals surface area contributed by atoms with Gasteiger partial charge in [0.2, 0.25) is 0 Å². The van der Waals surface area contributed by atoms with Crippen LogP contribution in [0.4, 0.5) is 17.1 Å². The van der Waals surface area contributed by atoms with Crippen molar-refractivity contribution in [3.63, 3.8) is 0 Å². The van der Waals surface area contributed by atoms with Crippen LogP contribution < -0.4 is 21.7 Å². The minimum Gasteiger partial charge on any atom is -0.377 e. The van der Waals surface area contributed by atoms with Crippen molar-refractivity contribution in [1.82, 2.24) is 0 Å². The zero-order valence-electron chi connectivity index (χ0n) is 22.4. The molecule has 0 aromatic heterocycles. The largest absolute Gasteiger partial charge is 0.377 e. The average Bonchev–Trinajstić information content (AvgIpc) is 2.86. The van der Waals surface area contributed by atoms with Crippen molar-refractivity contribution in [2.24, 2.45) is 11.5 Å². The molecule has 4 unspecified atom stereocenters. The summed E-state index contributed by atoms with van der Waals surface area (Å²) in [5.41, 5.74) is 14.7. The van der Waals surface area contributed by atoms with Crippen molar-refractivity contribution in [2.75, 3.05) is 62.9 Å². The van der Waals surface area contributed by atoms with Crippen molar-refractivity contribution in [3.8, 4) is 0 Å². The van der Waals surface area contributed by atoms with Gasteiger partial charge in [-0.2, -0.15) is 0 Å². The van der Waals surface area contributed by atoms with Crippen LogP contribution in [0.2, 0.25) is 0 Å². The van der Waals surface area contributed by atoms with Crippen molar-refractivity contribution < 1.29 is 18.9 Å². The number of hydrogen-bond acceptors (Lipinski definition) is 8. The molecule has 8 nitrogen and oxygen atoms in total. The van der Waals surface area contributed by atoms with E-state index in [4.69, 9.17) is 30.4 Å². The summed E-state index contributed by atoms with van der Waals surface area (Å²) >= 11 is 0. The molecule has 2 rings (SSSR count). The lowest BCUT2D eigenvalue weighted by atomic mass is 10.2. The molecule has 202 valence electrons. The first-order chi connectivity index (χ1) is 17.3. The number of nitrogens with two attached hydrogens (primary N) is 2. The van der Waals surface area contributed by atoms with Gasteiger partial charge in [0.05, 0.1) is 51.8 Å². The van der Waals surface area contributed by atoms with Gasteiger partial charge in [-0.15, -0.1) is 0 Å². The summed E-state index contributed by atoms with van der Waals surface area (Å²) in [5, 5.41) is 3.43. The van der Waals surface area contributed by atoms with Crippen LogP contribution in [0, 0.1) is 0 Å². The van der Waals surface area contributed by atoms with E-state index in [2.05, 4.69) is 34.5 Å². The van der Waals surface area contributed by atoms with Gasteiger partial charge in [-0.25, -0.2) is 0 Å². The number of nitrogens with one attached hydrogen (secondary N) is 1. The fourth-order valence-electron chi connectivity index (χ4n) is 3.39. The highest BCUT2D eigenvalue weighted by molar-refractivity contribution is 5.62. The van der Waals surface area contributed by atoms with Crippen LogP contribution in [-0.4, -0.2) is 77.0 Å². The van der Waals surface area contributed by atoms with Gasteiger partial charge in [0.1, 0.15) is 0 Å². The van der Waals surface area contributed by atoms with E-state index in [1.807, 2.05) is 58.0 Å². The Morgan fingerprint density at radius 2 is 1.14 bits per heavy atom. The Labute approximate surface area is 217 Å². The molecule has 0 heterocycles. The topological polar surface area (TPSA) is 104 Å². The maximum atomic E-state index is 5.89. The molecule has 8 heteroatoms. The zero-order chi connectivity index (χ0) is 26.2. The Hall–Kier alpha value is -2.20. The number of hydrogen-bond donors (Lipinski definition) is 3. The second kappa shape index (κ2) is 17.3. The smallest absolute Gasteiger partial charge is 0.0781 e. The van der Waals surface area contributed by atoms with Gasteiger partial charge in [0.25, 0.3) is 0 Å². The summed E-state index contributed by atoms with van der Waals surface area (Å²) in [4.78, 5) is 2.27. The monoisotopic (exact) mass is 502 g/mol. The van der Waals surface area contributed by atoms with E-state index in [1.54, 1.807) is 0 Å². The maximum absolute atomic E-state index is 5.89. The second-order valence-corrected chi connectivity index (χ2v) is 9.42. The Bertz CT molecular complexity index is 779. The molecule has 0 fully saturated rings. The first kappa shape index (κ1) is 30.0. The molecular weight excluding hydrogens is 456 g/mol. The fraction of sp³-hybridized carbons (Fsp3) is 0.571. The summed E-state index contributed by atoms with van der Waals surface area (Å²) < 4.78 is 23.1. The minimum atomic E-state index is 0.00820. The molecule has 0 amide bonds. The predicted molar refractivity (Wildman–Crippen MR) is 148 cm³/mol. The second-order valence-electron chi connectivity index (χ2n) is 9.42. The lowest BCUT2D eigenvalue weighted by Gasteiger charge is -2.26. The summed E-state index contributed by atoms with van der Waals surface area (Å²) in [6, 6.07) is 18.6. The summed E-state index contributed by atoms with van der Waals surface area (Å²) in [7, 11) is 0. The third kappa shape index (κ3) is 13.2. The molecule has 2 aromatic rings. The Morgan fingerprint density at radius 1 is 0.667 bits per heavy atom. The van der Waals surface area contributed by atoms with Crippen molar-refractivity contribution in [2.45, 2.75) is 52.0 Å². The lowest BCUT2D eigenvalue weighted by molar-refractivity contribution is -0.0111. The molecule has 36 heavy (non-hydrogen) atoms. The molecule has 0 aliphatic carbocycles. The van der Waals surface area contributed by atoms with Crippen LogP contribution in [0.15, 0.2) is 54.6 Å². The highest BCUT2D eigenvalue weighted by Crippen LogP contribution is 2.21. The third-order valence-electron chi connectivity index (χ3n) is 5.30. The molecule has 0 saturated carbocycles. The maximum Gasteiger partial charge on any atom is 0.0781 e. The molecule has 2 aromatic carbocycles. The first-order valence-corrected chi connectivity index (χ1v) is 12.9. The van der Waals surface area contributed by atoms with Gasteiger partial charge in [-0.05, 0) is 64.1 Å². The number of nitrogens with zero attached hydrogens (tertiary/aromatic N) is 1. The van der Waals surface area contributed by atoms with E-state index in [0.29, 0.717) is 39.6 Å². The van der Waals surface area contributed by atoms with E-state index in [1.165, 1.54) is 0 Å². The lowest BCUT2D eigenvalue weighted by Crippen LogP contribution is -2.33. The number of ether oxygens (including phenoxy) is 4. The van der Waals surface area contributed by atoms with Crippen LogP contribution in [0.25, 0.3) is 0 Å². The van der Waals surface area contributed by atoms with E-state index in [9.17, 15) is 0 Å². The molecule has 0 aliphatic heterocycles. The van der Waals surface area contributed by atoms with Crippen molar-refractivity contribution >= 4 is 17.1 Å². The standard InChI is InChI=1S/C28H46N4O4/c1-22(29)18-35-24(3)20-33-16-14-32(15-17-34-21-25(4)36-19-23(2)30)28-12-10-27(11-13-28)31-26-8-6-5-7-9-26/h5-13,22-25,31H,14-21,29-30H2,1-4H3. The molecule has 0 radical (unpaired) electrons. The van der Waals surface area contributed by atoms with E-state index < -0.39 is 0 Å². The minimum absolute atomic E-state index is 0.00820. The quantitative estimate of drug-likeness (QED) is 0.249. The van der Waals surface area contributed by atoms with Crippen LogP contribution in [-0.2, 0) is 18.9 Å². The SMILES string of the molecule is CC(N)COC(C)COCCN(CCOCC(C)OCC(C)N)c1ccc(Nc2ccccc2)cc1. The summed E-state index contributed by atoms with van der Waals surface area (Å²) in [5.74, 6) is 0. The highest BCUT2D eigenvalue weighted by atomic mass is 16.5. The average molecular weight is 503 g/mol. The first-order valence-electron chi connectivity index (χ1n) is 12.9. The van der Waals surface area contributed by atoms with Gasteiger partial charge >= 0.3 is 0 Å². The fourth-order valence-corrected chi connectivity index (χ4v) is 3.39. The number of para-hydroxylation sites is 1. The van der Waals surface area contributed by atoms with Gasteiger partial charge in [0.15, 0.2) is 0 Å². The van der Waals surface area contributed by atoms with Gasteiger partial charge in [-0.3, -0.25) is 0 Å². The molecule has 4 atom stereocenters. The molecular formula is C28H46N4O4. The molecule has 0 saturated heterocycles. The van der Waals surface area contributed by atoms with E-state index >= 15 is 0 Å². The van der Waals surface area contributed by atoms with Crippen LogP contribution >= 0.6 is 0 Å². The predicted octanol–water partition coefficient (Wildman–Crippen LogP) is 3.77. The highest BCUT2D eigenvalue weighted by Gasteiger charge is 2.10. The molecule has 5 N–H and O–H groups in total. The van der Waals surface area contributed by atoms with Gasteiger partial charge in [-0.1, -0.05) is 18.2 Å². The van der Waals surface area contributed by atoms with Gasteiger partial charge in [0, 0.05) is 42.2 Å². The van der Waals surface area contributed by atoms with Gasteiger partial charge < -0.3 is 40.6 Å². The number of benzene rings is 2. The molecule has 0 bridgehead atoms. The van der Waals surface area contributed by atoms with E-state index in [0.717, 1.165) is 30.2 Å². The Kier molecular flexibility index (Phi) is 14.4. The Balaban J connectivity index is 1.86. The normalized spacial score (nSPS) is 14.7. The third-order valence-corrected chi connectivity index (χ3v) is 5.30. The van der Waals surface area contributed by atoms with Crippen molar-refractivity contribution in [3.05, 3.63) is 54.6 Å². The van der Waals surface area contributed by atoms with Crippen molar-refractivity contribution in [1.29, 1.82) is 0 Å². The Morgan fingerprint density at radius 3 is 1.61 bits per heavy atom. The van der Waals surface area contributed by atoms with Crippen LogP contribution in [0.3, 0.4) is 0 Å². The van der Waals surface area contributed by atoms with E-state index in [-0.39, 0.29) is 24.3 Å². The molecule has 0 aliphatic rings. The van der Waals surface area contributed by atoms with Crippen LogP contribution in [0.1, 0.15) is 27.7 Å². The zero-order valence-corrected chi connectivity index (χ0v) is 22.4. The summed E-state index contributed by atoms with van der Waals surface area (Å²) in [6.45, 7) is 12.6. The number of rotatable bonds is 19. The number of anilines is 3. The summed E-state index contributed by atoms with van der Waals surface area (Å²) in [6.07, 6.45) is 0.0164. The van der Waals surface area contributed by atoms with Crippen LogP contribution in [0.5, 0.6) is 0 Å².